The maximum absolute atomic E-state index is 2.64. The molecule has 0 aliphatic heterocycles. The van der Waals surface area contributed by atoms with Crippen LogP contribution in [0.1, 0.15) is 33.6 Å². The topological polar surface area (TPSA) is 3.24 Å². The molecule has 0 saturated heterocycles. The van der Waals surface area contributed by atoms with Gasteiger partial charge in [-0.15, -0.1) is 0 Å². The minimum absolute atomic E-state index is 0.974. The first-order chi connectivity index (χ1) is 7.55. The van der Waals surface area contributed by atoms with E-state index in [-0.39, 0.29) is 0 Å². The molecule has 0 spiro atoms. The van der Waals surface area contributed by atoms with Gasteiger partial charge in [-0.2, -0.15) is 0 Å². The molecule has 2 heteroatoms. The summed E-state index contributed by atoms with van der Waals surface area (Å²) in [7, 11) is -0.974. The van der Waals surface area contributed by atoms with Crippen molar-refractivity contribution in [1.29, 1.82) is 0 Å². The number of hydrogen-bond acceptors (Lipinski definition) is 1. The Morgan fingerprint density at radius 1 is 1.00 bits per heavy atom. The first-order valence-corrected chi connectivity index (χ1v) is 10.3. The molecule has 16 heavy (non-hydrogen) atoms. The van der Waals surface area contributed by atoms with Gasteiger partial charge in [-0.3, -0.25) is 0 Å². The van der Waals surface area contributed by atoms with Gasteiger partial charge in [0.05, 0.1) is 8.07 Å². The average Bonchev–Trinajstić information content (AvgIpc) is 2.24. The highest BCUT2D eigenvalue weighted by Crippen LogP contribution is 2.16. The second-order valence-electron chi connectivity index (χ2n) is 5.53. The van der Waals surface area contributed by atoms with Crippen LogP contribution in [0.5, 0.6) is 0 Å². The van der Waals surface area contributed by atoms with Gasteiger partial charge in [-0.25, -0.2) is 0 Å². The summed E-state index contributed by atoms with van der Waals surface area (Å²) in [4.78, 5) is 2.64. The van der Waals surface area contributed by atoms with Crippen LogP contribution in [0.25, 0.3) is 0 Å². The molecule has 0 rings (SSSR count). The van der Waals surface area contributed by atoms with Crippen LogP contribution in [0, 0.1) is 0 Å². The molecule has 96 valence electrons. The minimum atomic E-state index is -0.974. The van der Waals surface area contributed by atoms with E-state index in [0.29, 0.717) is 0 Å². The van der Waals surface area contributed by atoms with E-state index in [1.165, 1.54) is 44.6 Å². The Morgan fingerprint density at radius 2 is 1.56 bits per heavy atom. The molecule has 0 aromatic carbocycles. The molecule has 0 heterocycles. The Balaban J connectivity index is 3.96. The van der Waals surface area contributed by atoms with Crippen LogP contribution >= 0.6 is 0 Å². The fourth-order valence-electron chi connectivity index (χ4n) is 1.97. The van der Waals surface area contributed by atoms with Crippen LogP contribution in [0.3, 0.4) is 0 Å². The van der Waals surface area contributed by atoms with Gasteiger partial charge >= 0.3 is 0 Å². The van der Waals surface area contributed by atoms with Crippen LogP contribution in [-0.2, 0) is 0 Å². The van der Waals surface area contributed by atoms with Crippen molar-refractivity contribution in [3.8, 4) is 0 Å². The Hall–Kier alpha value is -0.0831. The third-order valence-electron chi connectivity index (χ3n) is 3.09. The molecule has 0 bridgehead atoms. The highest BCUT2D eigenvalue weighted by Gasteiger charge is 2.19. The molecule has 0 amide bonds. The van der Waals surface area contributed by atoms with E-state index in [9.17, 15) is 0 Å². The normalized spacial score (nSPS) is 12.9. The summed E-state index contributed by atoms with van der Waals surface area (Å²) in [6, 6.07) is 2.78. The fraction of sp³-hybridized carbons (Fsp3) is 0.857. The van der Waals surface area contributed by atoms with Crippen molar-refractivity contribution in [2.24, 2.45) is 0 Å². The molecule has 0 unspecified atom stereocenters. The van der Waals surface area contributed by atoms with E-state index in [2.05, 4.69) is 50.9 Å². The lowest BCUT2D eigenvalue weighted by molar-refractivity contribution is 0.288. The standard InChI is InChI=1S/C14H31NSi/c1-6-9-13-16(4,5)14-12-15(10-7-2)11-8-3/h6,9H,7-8,10-14H2,1-5H3/b9-6+. The molecular formula is C14H31NSi. The molecule has 0 fully saturated rings. The first-order valence-electron chi connectivity index (χ1n) is 6.89. The molecule has 0 aliphatic carbocycles. The molecule has 0 radical (unpaired) electrons. The van der Waals surface area contributed by atoms with Crippen molar-refractivity contribution in [3.63, 3.8) is 0 Å². The third-order valence-corrected chi connectivity index (χ3v) is 6.01. The maximum atomic E-state index is 2.64. The minimum Gasteiger partial charge on any atom is -0.304 e. The molecule has 0 saturated carbocycles. The smallest absolute Gasteiger partial charge is 0.0523 e. The van der Waals surface area contributed by atoms with E-state index in [1.807, 2.05) is 0 Å². The zero-order valence-electron chi connectivity index (χ0n) is 12.1. The maximum Gasteiger partial charge on any atom is 0.0523 e. The van der Waals surface area contributed by atoms with E-state index < -0.39 is 8.07 Å². The van der Waals surface area contributed by atoms with E-state index in [4.69, 9.17) is 0 Å². The summed E-state index contributed by atoms with van der Waals surface area (Å²) < 4.78 is 0. The van der Waals surface area contributed by atoms with E-state index in [1.54, 1.807) is 0 Å². The molecule has 0 atom stereocenters. The molecule has 0 N–H and O–H groups in total. The van der Waals surface area contributed by atoms with Gasteiger partial charge in [-0.1, -0.05) is 39.1 Å². The number of hydrogen-bond donors (Lipinski definition) is 0. The number of nitrogens with zero attached hydrogens (tertiary/aromatic N) is 1. The quantitative estimate of drug-likeness (QED) is 0.427. The molecular weight excluding hydrogens is 210 g/mol. The van der Waals surface area contributed by atoms with Gasteiger partial charge in [0.1, 0.15) is 0 Å². The lowest BCUT2D eigenvalue weighted by Crippen LogP contribution is -2.34. The summed E-state index contributed by atoms with van der Waals surface area (Å²) in [5, 5.41) is 0. The average molecular weight is 241 g/mol. The zero-order chi connectivity index (χ0) is 12.4. The zero-order valence-corrected chi connectivity index (χ0v) is 13.1. The van der Waals surface area contributed by atoms with Gasteiger partial charge in [-0.05, 0) is 51.5 Å². The fourth-order valence-corrected chi connectivity index (χ4v) is 3.97. The summed E-state index contributed by atoms with van der Waals surface area (Å²) in [6.45, 7) is 15.6. The van der Waals surface area contributed by atoms with Crippen LogP contribution < -0.4 is 0 Å². The highest BCUT2D eigenvalue weighted by atomic mass is 28.3. The Labute approximate surface area is 104 Å². The summed E-state index contributed by atoms with van der Waals surface area (Å²) in [5.74, 6) is 0. The number of rotatable bonds is 9. The molecule has 0 aromatic rings. The second-order valence-corrected chi connectivity index (χ2v) is 10.8. The summed E-state index contributed by atoms with van der Waals surface area (Å²) >= 11 is 0. The lowest BCUT2D eigenvalue weighted by atomic mass is 10.3. The van der Waals surface area contributed by atoms with Crippen LogP contribution in [-0.4, -0.2) is 32.6 Å². The Bertz CT molecular complexity index is 181. The van der Waals surface area contributed by atoms with Crippen LogP contribution in [0.15, 0.2) is 12.2 Å². The van der Waals surface area contributed by atoms with Gasteiger partial charge in [0.2, 0.25) is 0 Å². The SMILES string of the molecule is C/C=C/C[Si](C)(C)CCN(CCC)CCC. The van der Waals surface area contributed by atoms with Crippen molar-refractivity contribution in [1.82, 2.24) is 4.90 Å². The second kappa shape index (κ2) is 9.00. The predicted molar refractivity (Wildman–Crippen MR) is 78.9 cm³/mol. The van der Waals surface area contributed by atoms with Crippen LogP contribution in [0.2, 0.25) is 25.2 Å². The van der Waals surface area contributed by atoms with Gasteiger partial charge in [0, 0.05) is 0 Å². The lowest BCUT2D eigenvalue weighted by Gasteiger charge is -2.27. The van der Waals surface area contributed by atoms with Crippen molar-refractivity contribution < 1.29 is 0 Å². The van der Waals surface area contributed by atoms with Gasteiger partial charge in [0.15, 0.2) is 0 Å². The highest BCUT2D eigenvalue weighted by molar-refractivity contribution is 6.77. The van der Waals surface area contributed by atoms with Gasteiger partial charge < -0.3 is 4.90 Å². The predicted octanol–water partition coefficient (Wildman–Crippen LogP) is 4.39. The first kappa shape index (κ1) is 15.9. The van der Waals surface area contributed by atoms with Crippen molar-refractivity contribution >= 4 is 8.07 Å². The monoisotopic (exact) mass is 241 g/mol. The number of allylic oxidation sites excluding steroid dienone is 2. The molecule has 0 aromatic heterocycles. The molecule has 0 aliphatic rings. The Morgan fingerprint density at radius 3 is 2.00 bits per heavy atom. The summed E-state index contributed by atoms with van der Waals surface area (Å²) in [6.07, 6.45) is 7.13. The van der Waals surface area contributed by atoms with Crippen LogP contribution in [0.4, 0.5) is 0 Å². The van der Waals surface area contributed by atoms with Crippen molar-refractivity contribution in [2.45, 2.75) is 58.8 Å². The summed E-state index contributed by atoms with van der Waals surface area (Å²) in [5.41, 5.74) is 0. The largest absolute Gasteiger partial charge is 0.304 e. The Kier molecular flexibility index (Phi) is 8.95. The molecule has 1 nitrogen and oxygen atoms in total. The van der Waals surface area contributed by atoms with E-state index in [0.717, 1.165) is 0 Å². The van der Waals surface area contributed by atoms with Crippen molar-refractivity contribution in [2.75, 3.05) is 19.6 Å². The van der Waals surface area contributed by atoms with Gasteiger partial charge in [0.25, 0.3) is 0 Å². The van der Waals surface area contributed by atoms with E-state index >= 15 is 0 Å². The van der Waals surface area contributed by atoms with Crippen molar-refractivity contribution in [3.05, 3.63) is 12.2 Å². The third kappa shape index (κ3) is 8.11.